The largest absolute Gasteiger partial charge is 0.324 e. The molecule has 0 bridgehead atoms. The van der Waals surface area contributed by atoms with Gasteiger partial charge in [0.05, 0.1) is 10.7 Å². The molecule has 168 valence electrons. The number of benzene rings is 3. The van der Waals surface area contributed by atoms with Crippen molar-refractivity contribution in [3.8, 4) is 17.1 Å². The lowest BCUT2D eigenvalue weighted by Crippen LogP contribution is -2.20. The molecule has 0 spiro atoms. The number of rotatable bonds is 5. The second kappa shape index (κ2) is 9.51. The van der Waals surface area contributed by atoms with Crippen LogP contribution in [-0.4, -0.2) is 20.3 Å². The molecule has 1 aromatic heterocycles. The van der Waals surface area contributed by atoms with Crippen molar-refractivity contribution in [1.29, 1.82) is 0 Å². The Hall–Kier alpha value is -2.93. The Balaban J connectivity index is 1.77. The highest BCUT2D eigenvalue weighted by molar-refractivity contribution is 7.71. The van der Waals surface area contributed by atoms with Crippen molar-refractivity contribution >= 4 is 47.0 Å². The summed E-state index contributed by atoms with van der Waals surface area (Å²) in [5.41, 5.74) is 5.43. The van der Waals surface area contributed by atoms with Gasteiger partial charge in [-0.3, -0.25) is 9.36 Å². The third-order valence-electron chi connectivity index (χ3n) is 5.32. The second-order valence-electron chi connectivity index (χ2n) is 7.88. The highest BCUT2D eigenvalue weighted by Gasteiger charge is 2.19. The molecule has 33 heavy (non-hydrogen) atoms. The molecule has 0 atom stereocenters. The van der Waals surface area contributed by atoms with Crippen LogP contribution >= 0.6 is 35.4 Å². The van der Waals surface area contributed by atoms with E-state index in [9.17, 15) is 4.79 Å². The van der Waals surface area contributed by atoms with Crippen LogP contribution in [0.25, 0.3) is 17.1 Å². The molecule has 0 aliphatic rings. The lowest BCUT2D eigenvalue weighted by Gasteiger charge is -2.11. The van der Waals surface area contributed by atoms with E-state index in [-0.39, 0.29) is 12.5 Å². The van der Waals surface area contributed by atoms with Crippen LogP contribution in [0.15, 0.2) is 60.7 Å². The number of nitrogens with one attached hydrogen (secondary N) is 1. The van der Waals surface area contributed by atoms with Crippen LogP contribution in [0.2, 0.25) is 10.0 Å². The molecule has 8 heteroatoms. The predicted molar refractivity (Wildman–Crippen MR) is 137 cm³/mol. The standard InChI is InChI=1S/C25H22Cl2N4OS/c1-15-8-11-21(17(3)12-15)28-23(32)14-30-25(33)31(22-7-5-4-6-16(22)2)24(29-30)19-10-9-18(26)13-20(19)27/h4-13H,14H2,1-3H3,(H,28,32). The van der Waals surface area contributed by atoms with Gasteiger partial charge in [0.15, 0.2) is 5.82 Å². The van der Waals surface area contributed by atoms with Gasteiger partial charge < -0.3 is 5.32 Å². The number of halogens is 2. The first-order valence-corrected chi connectivity index (χ1v) is 11.5. The predicted octanol–water partition coefficient (Wildman–Crippen LogP) is 6.94. The number of aromatic nitrogens is 3. The van der Waals surface area contributed by atoms with Crippen LogP contribution in [-0.2, 0) is 11.3 Å². The number of carbonyl (C=O) groups excluding carboxylic acids is 1. The van der Waals surface area contributed by atoms with Gasteiger partial charge in [0.25, 0.3) is 0 Å². The number of carbonyl (C=O) groups is 1. The van der Waals surface area contributed by atoms with Crippen molar-refractivity contribution in [1.82, 2.24) is 14.3 Å². The molecule has 1 N–H and O–H groups in total. The van der Waals surface area contributed by atoms with Gasteiger partial charge in [0.1, 0.15) is 6.54 Å². The average Bonchev–Trinajstić information content (AvgIpc) is 3.06. The number of hydrogen-bond donors (Lipinski definition) is 1. The Morgan fingerprint density at radius 3 is 2.45 bits per heavy atom. The van der Waals surface area contributed by atoms with E-state index in [1.54, 1.807) is 18.2 Å². The first-order valence-electron chi connectivity index (χ1n) is 10.3. The molecule has 0 radical (unpaired) electrons. The Morgan fingerprint density at radius 2 is 1.76 bits per heavy atom. The highest BCUT2D eigenvalue weighted by Crippen LogP contribution is 2.32. The second-order valence-corrected chi connectivity index (χ2v) is 9.09. The van der Waals surface area contributed by atoms with Gasteiger partial charge in [-0.05, 0) is 74.4 Å². The van der Waals surface area contributed by atoms with Crippen LogP contribution in [0.4, 0.5) is 5.69 Å². The zero-order valence-electron chi connectivity index (χ0n) is 18.4. The van der Waals surface area contributed by atoms with Gasteiger partial charge >= 0.3 is 0 Å². The number of nitrogens with zero attached hydrogens (tertiary/aromatic N) is 3. The van der Waals surface area contributed by atoms with E-state index in [0.717, 1.165) is 28.1 Å². The minimum atomic E-state index is -0.221. The summed E-state index contributed by atoms with van der Waals surface area (Å²) in [5, 5.41) is 8.62. The molecule has 1 amide bonds. The van der Waals surface area contributed by atoms with Gasteiger partial charge in [-0.15, -0.1) is 0 Å². The van der Waals surface area contributed by atoms with Gasteiger partial charge in [0.2, 0.25) is 10.7 Å². The summed E-state index contributed by atoms with van der Waals surface area (Å²) in [7, 11) is 0. The third kappa shape index (κ3) is 4.88. The third-order valence-corrected chi connectivity index (χ3v) is 6.26. The SMILES string of the molecule is Cc1ccc(NC(=O)Cn2nc(-c3ccc(Cl)cc3Cl)n(-c3ccccc3C)c2=S)c(C)c1. The van der Waals surface area contributed by atoms with E-state index in [1.807, 2.05) is 67.8 Å². The lowest BCUT2D eigenvalue weighted by molar-refractivity contribution is -0.116. The van der Waals surface area contributed by atoms with Gasteiger partial charge in [-0.25, -0.2) is 4.68 Å². The zero-order valence-corrected chi connectivity index (χ0v) is 20.7. The van der Waals surface area contributed by atoms with Crippen molar-refractivity contribution in [2.24, 2.45) is 0 Å². The molecule has 0 fully saturated rings. The van der Waals surface area contributed by atoms with E-state index in [4.69, 9.17) is 40.5 Å². The van der Waals surface area contributed by atoms with Crippen molar-refractivity contribution < 1.29 is 4.79 Å². The van der Waals surface area contributed by atoms with Crippen LogP contribution in [0, 0.1) is 25.5 Å². The molecular formula is C25H22Cl2N4OS. The topological polar surface area (TPSA) is 51.9 Å². The van der Waals surface area contributed by atoms with E-state index in [0.29, 0.717) is 26.2 Å². The Kier molecular flexibility index (Phi) is 6.70. The Bertz CT molecular complexity index is 1420. The Morgan fingerprint density at radius 1 is 1.00 bits per heavy atom. The minimum absolute atomic E-state index is 0.0385. The zero-order chi connectivity index (χ0) is 23.7. The first-order chi connectivity index (χ1) is 15.7. The highest BCUT2D eigenvalue weighted by atomic mass is 35.5. The summed E-state index contributed by atoms with van der Waals surface area (Å²) in [6.07, 6.45) is 0. The molecular weight excluding hydrogens is 475 g/mol. The van der Waals surface area contributed by atoms with E-state index in [1.165, 1.54) is 4.68 Å². The maximum Gasteiger partial charge on any atom is 0.246 e. The summed E-state index contributed by atoms with van der Waals surface area (Å²) in [6, 6.07) is 18.9. The molecule has 1 heterocycles. The van der Waals surface area contributed by atoms with Crippen molar-refractivity contribution in [2.45, 2.75) is 27.3 Å². The summed E-state index contributed by atoms with van der Waals surface area (Å²) < 4.78 is 3.74. The molecule has 0 saturated carbocycles. The first kappa shape index (κ1) is 23.2. The van der Waals surface area contributed by atoms with E-state index >= 15 is 0 Å². The van der Waals surface area contributed by atoms with E-state index in [2.05, 4.69) is 5.32 Å². The van der Waals surface area contributed by atoms with Crippen LogP contribution in [0.3, 0.4) is 0 Å². The molecule has 4 aromatic rings. The van der Waals surface area contributed by atoms with Crippen LogP contribution in [0.1, 0.15) is 16.7 Å². The normalized spacial score (nSPS) is 10.9. The molecule has 0 saturated heterocycles. The number of aryl methyl sites for hydroxylation is 3. The quantitative estimate of drug-likeness (QED) is 0.304. The van der Waals surface area contributed by atoms with Gasteiger partial charge in [-0.2, -0.15) is 5.10 Å². The summed E-state index contributed by atoms with van der Waals surface area (Å²) in [6.45, 7) is 5.93. The average molecular weight is 497 g/mol. The number of anilines is 1. The Labute approximate surface area is 207 Å². The fraction of sp³-hybridized carbons (Fsp3) is 0.160. The maximum atomic E-state index is 12.9. The van der Waals surface area contributed by atoms with Gasteiger partial charge in [0, 0.05) is 16.3 Å². The molecule has 0 aliphatic carbocycles. The van der Waals surface area contributed by atoms with Crippen LogP contribution < -0.4 is 5.32 Å². The summed E-state index contributed by atoms with van der Waals surface area (Å²) in [5.74, 6) is 0.316. The van der Waals surface area contributed by atoms with Crippen LogP contribution in [0.5, 0.6) is 0 Å². The molecule has 3 aromatic carbocycles. The number of hydrogen-bond acceptors (Lipinski definition) is 3. The fourth-order valence-electron chi connectivity index (χ4n) is 3.67. The smallest absolute Gasteiger partial charge is 0.246 e. The summed E-state index contributed by atoms with van der Waals surface area (Å²) in [4.78, 5) is 12.9. The minimum Gasteiger partial charge on any atom is -0.324 e. The van der Waals surface area contributed by atoms with Crippen molar-refractivity contribution in [2.75, 3.05) is 5.32 Å². The van der Waals surface area contributed by atoms with E-state index < -0.39 is 0 Å². The van der Waals surface area contributed by atoms with Crippen molar-refractivity contribution in [3.05, 3.63) is 92.2 Å². The monoisotopic (exact) mass is 496 g/mol. The van der Waals surface area contributed by atoms with Crippen molar-refractivity contribution in [3.63, 3.8) is 0 Å². The maximum absolute atomic E-state index is 12.9. The molecule has 0 aliphatic heterocycles. The number of amides is 1. The molecule has 4 rings (SSSR count). The number of para-hydroxylation sites is 1. The molecule has 0 unspecified atom stereocenters. The van der Waals surface area contributed by atoms with Gasteiger partial charge in [-0.1, -0.05) is 59.1 Å². The molecule has 5 nitrogen and oxygen atoms in total. The summed E-state index contributed by atoms with van der Waals surface area (Å²) >= 11 is 18.4. The fourth-order valence-corrected chi connectivity index (χ4v) is 4.45. The lowest BCUT2D eigenvalue weighted by atomic mass is 10.1.